The average Bonchev–Trinajstić information content (AvgIpc) is 3.04. The number of nitrogens with two attached hydrogens (primary N) is 1. The largest absolute Gasteiger partial charge is 0.484 e. The molecule has 1 fully saturated rings. The molecule has 3 N–H and O–H groups in total. The monoisotopic (exact) mass is 320 g/mol. The molecule has 0 unspecified atom stereocenters. The Hall–Kier alpha value is -2.57. The minimum atomic E-state index is -0.590. The predicted molar refractivity (Wildman–Crippen MR) is 81.8 cm³/mol. The first-order valence-electron chi connectivity index (χ1n) is 7.52. The minimum absolute atomic E-state index is 0.197. The molecule has 124 valence electrons. The summed E-state index contributed by atoms with van der Waals surface area (Å²) in [7, 11) is 0. The normalized spacial score (nSPS) is 14.3. The van der Waals surface area contributed by atoms with Gasteiger partial charge in [0.05, 0.1) is 5.56 Å². The molecule has 0 aliphatic heterocycles. The Labute approximate surface area is 134 Å². The number of esters is 1. The second kappa shape index (κ2) is 8.17. The Kier molecular flexibility index (Phi) is 5.96. The zero-order valence-electron chi connectivity index (χ0n) is 12.7. The molecule has 2 amide bonds. The first kappa shape index (κ1) is 16.8. The smallest absolute Gasteiger partial charge is 0.338 e. The highest BCUT2D eigenvalue weighted by Crippen LogP contribution is 2.17. The van der Waals surface area contributed by atoms with Gasteiger partial charge < -0.3 is 20.5 Å². The van der Waals surface area contributed by atoms with Gasteiger partial charge in [-0.2, -0.15) is 0 Å². The standard InChI is InChI=1S/C16H20N2O5/c17-14(19)9-22-13-7-5-11(6-8-13)16(21)23-10-15(20)18-12-3-1-2-4-12/h5-8,12H,1-4,9-10H2,(H2,17,19)(H,18,20). The van der Waals surface area contributed by atoms with Crippen molar-refractivity contribution in [3.05, 3.63) is 29.8 Å². The zero-order chi connectivity index (χ0) is 16.7. The minimum Gasteiger partial charge on any atom is -0.484 e. The molecule has 2 rings (SSSR count). The molecular formula is C16H20N2O5. The summed E-state index contributed by atoms with van der Waals surface area (Å²) in [6, 6.07) is 6.24. The molecule has 0 atom stereocenters. The zero-order valence-corrected chi connectivity index (χ0v) is 12.7. The second-order valence-electron chi connectivity index (χ2n) is 5.40. The Morgan fingerprint density at radius 1 is 1.09 bits per heavy atom. The molecule has 0 heterocycles. The van der Waals surface area contributed by atoms with Crippen LogP contribution in [0.4, 0.5) is 0 Å². The van der Waals surface area contributed by atoms with Gasteiger partial charge in [-0.1, -0.05) is 12.8 Å². The van der Waals surface area contributed by atoms with E-state index >= 15 is 0 Å². The maximum atomic E-state index is 11.8. The fourth-order valence-corrected chi connectivity index (χ4v) is 2.40. The molecule has 0 bridgehead atoms. The molecule has 1 aromatic carbocycles. The molecule has 7 nitrogen and oxygen atoms in total. The van der Waals surface area contributed by atoms with E-state index in [0.717, 1.165) is 25.7 Å². The van der Waals surface area contributed by atoms with Crippen LogP contribution in [0.2, 0.25) is 0 Å². The maximum absolute atomic E-state index is 11.8. The predicted octanol–water partition coefficient (Wildman–Crippen LogP) is 0.766. The van der Waals surface area contributed by atoms with E-state index in [1.54, 1.807) is 0 Å². The van der Waals surface area contributed by atoms with Gasteiger partial charge >= 0.3 is 5.97 Å². The molecule has 0 saturated heterocycles. The third kappa shape index (κ3) is 5.61. The van der Waals surface area contributed by atoms with E-state index in [9.17, 15) is 14.4 Å². The van der Waals surface area contributed by atoms with E-state index in [-0.39, 0.29) is 25.2 Å². The Bertz CT molecular complexity index is 564. The van der Waals surface area contributed by atoms with Crippen molar-refractivity contribution < 1.29 is 23.9 Å². The molecule has 0 aromatic heterocycles. The number of carbonyl (C=O) groups is 3. The first-order chi connectivity index (χ1) is 11.0. The van der Waals surface area contributed by atoms with Crippen LogP contribution in [-0.2, 0) is 14.3 Å². The van der Waals surface area contributed by atoms with Crippen LogP contribution < -0.4 is 15.8 Å². The van der Waals surface area contributed by atoms with E-state index in [1.165, 1.54) is 24.3 Å². The van der Waals surface area contributed by atoms with Gasteiger partial charge in [0.25, 0.3) is 11.8 Å². The number of nitrogens with one attached hydrogen (secondary N) is 1. The lowest BCUT2D eigenvalue weighted by molar-refractivity contribution is -0.125. The molecule has 1 aliphatic carbocycles. The number of amides is 2. The Balaban J connectivity index is 1.76. The van der Waals surface area contributed by atoms with Crippen LogP contribution in [0, 0.1) is 0 Å². The Morgan fingerprint density at radius 3 is 2.35 bits per heavy atom. The van der Waals surface area contributed by atoms with Gasteiger partial charge in [-0.25, -0.2) is 4.79 Å². The highest BCUT2D eigenvalue weighted by molar-refractivity contribution is 5.91. The van der Waals surface area contributed by atoms with Crippen LogP contribution in [-0.4, -0.2) is 37.0 Å². The van der Waals surface area contributed by atoms with Crippen molar-refractivity contribution in [3.63, 3.8) is 0 Å². The molecule has 7 heteroatoms. The molecular weight excluding hydrogens is 300 g/mol. The fraction of sp³-hybridized carbons (Fsp3) is 0.438. The summed E-state index contributed by atoms with van der Waals surface area (Å²) in [6.45, 7) is -0.527. The van der Waals surface area contributed by atoms with Gasteiger partial charge in [0, 0.05) is 6.04 Å². The lowest BCUT2D eigenvalue weighted by Crippen LogP contribution is -2.35. The van der Waals surface area contributed by atoms with Crippen LogP contribution >= 0.6 is 0 Å². The number of hydrogen-bond acceptors (Lipinski definition) is 5. The van der Waals surface area contributed by atoms with Crippen molar-refractivity contribution in [2.24, 2.45) is 5.73 Å². The van der Waals surface area contributed by atoms with Crippen LogP contribution in [0.25, 0.3) is 0 Å². The molecule has 1 saturated carbocycles. The number of carbonyl (C=O) groups excluding carboxylic acids is 3. The van der Waals surface area contributed by atoms with E-state index in [0.29, 0.717) is 11.3 Å². The summed E-state index contributed by atoms with van der Waals surface area (Å²) < 4.78 is 10.1. The van der Waals surface area contributed by atoms with Gasteiger partial charge in [0.1, 0.15) is 5.75 Å². The van der Waals surface area contributed by atoms with Crippen LogP contribution in [0.5, 0.6) is 5.75 Å². The molecule has 1 aromatic rings. The number of hydrogen-bond donors (Lipinski definition) is 2. The summed E-state index contributed by atoms with van der Waals surface area (Å²) in [4.78, 5) is 34.1. The SMILES string of the molecule is NC(=O)COc1ccc(C(=O)OCC(=O)NC2CCCC2)cc1. The van der Waals surface area contributed by atoms with Crippen LogP contribution in [0.15, 0.2) is 24.3 Å². The van der Waals surface area contributed by atoms with Crippen molar-refractivity contribution in [2.75, 3.05) is 13.2 Å². The fourth-order valence-electron chi connectivity index (χ4n) is 2.40. The highest BCUT2D eigenvalue weighted by atomic mass is 16.5. The van der Waals surface area contributed by atoms with Gasteiger partial charge in [-0.15, -0.1) is 0 Å². The van der Waals surface area contributed by atoms with Gasteiger partial charge in [-0.05, 0) is 37.1 Å². The molecule has 0 spiro atoms. The lowest BCUT2D eigenvalue weighted by atomic mass is 10.2. The number of benzene rings is 1. The second-order valence-corrected chi connectivity index (χ2v) is 5.40. The summed E-state index contributed by atoms with van der Waals surface area (Å²) in [6.07, 6.45) is 4.20. The summed E-state index contributed by atoms with van der Waals surface area (Å²) >= 11 is 0. The van der Waals surface area contributed by atoms with E-state index in [2.05, 4.69) is 5.32 Å². The average molecular weight is 320 g/mol. The van der Waals surface area contributed by atoms with Gasteiger partial charge in [0.2, 0.25) is 0 Å². The number of rotatable bonds is 7. The van der Waals surface area contributed by atoms with Crippen molar-refractivity contribution in [1.29, 1.82) is 0 Å². The van der Waals surface area contributed by atoms with Crippen LogP contribution in [0.1, 0.15) is 36.0 Å². The van der Waals surface area contributed by atoms with Crippen LogP contribution in [0.3, 0.4) is 0 Å². The summed E-state index contributed by atoms with van der Waals surface area (Å²) in [5.41, 5.74) is 5.27. The molecule has 23 heavy (non-hydrogen) atoms. The first-order valence-corrected chi connectivity index (χ1v) is 7.52. The summed E-state index contributed by atoms with van der Waals surface area (Å²) in [5, 5.41) is 2.84. The molecule has 0 radical (unpaired) electrons. The molecule has 1 aliphatic rings. The summed E-state index contributed by atoms with van der Waals surface area (Å²) in [5.74, 6) is -1.04. The third-order valence-electron chi connectivity index (χ3n) is 3.53. The number of ether oxygens (including phenoxy) is 2. The van der Waals surface area contributed by atoms with Gasteiger partial charge in [0.15, 0.2) is 13.2 Å². The van der Waals surface area contributed by atoms with Crippen molar-refractivity contribution in [1.82, 2.24) is 5.32 Å². The maximum Gasteiger partial charge on any atom is 0.338 e. The quantitative estimate of drug-likeness (QED) is 0.721. The van der Waals surface area contributed by atoms with Crippen molar-refractivity contribution >= 4 is 17.8 Å². The highest BCUT2D eigenvalue weighted by Gasteiger charge is 2.18. The van der Waals surface area contributed by atoms with Crippen molar-refractivity contribution in [3.8, 4) is 5.75 Å². The van der Waals surface area contributed by atoms with E-state index < -0.39 is 11.9 Å². The topological polar surface area (TPSA) is 108 Å². The van der Waals surface area contributed by atoms with Crippen molar-refractivity contribution in [2.45, 2.75) is 31.7 Å². The van der Waals surface area contributed by atoms with E-state index in [4.69, 9.17) is 15.2 Å². The Morgan fingerprint density at radius 2 is 1.74 bits per heavy atom. The van der Waals surface area contributed by atoms with E-state index in [1.807, 2.05) is 0 Å². The van der Waals surface area contributed by atoms with Gasteiger partial charge in [-0.3, -0.25) is 9.59 Å². The number of primary amides is 1. The lowest BCUT2D eigenvalue weighted by Gasteiger charge is -2.12. The third-order valence-corrected chi connectivity index (χ3v) is 3.53.